The Morgan fingerprint density at radius 1 is 1.19 bits per heavy atom. The molecule has 1 aromatic rings. The van der Waals surface area contributed by atoms with Gasteiger partial charge in [0.05, 0.1) is 5.69 Å². The fraction of sp³-hybridized carbons (Fsp3) is 0.550. The van der Waals surface area contributed by atoms with Crippen LogP contribution in [-0.2, 0) is 19.1 Å². The van der Waals surface area contributed by atoms with Crippen molar-refractivity contribution >= 4 is 35.2 Å². The molecule has 2 amide bonds. The molecule has 0 unspecified atom stereocenters. The van der Waals surface area contributed by atoms with Crippen LogP contribution in [0.15, 0.2) is 29.2 Å². The first kappa shape index (κ1) is 19.7. The number of likely N-dealkylation sites (tertiary alicyclic amines) is 1. The van der Waals surface area contributed by atoms with E-state index in [0.717, 1.165) is 36.3 Å². The lowest BCUT2D eigenvalue weighted by Gasteiger charge is -2.23. The summed E-state index contributed by atoms with van der Waals surface area (Å²) >= 11 is 1.76. The fourth-order valence-corrected chi connectivity index (χ4v) is 4.49. The van der Waals surface area contributed by atoms with E-state index >= 15 is 0 Å². The van der Waals surface area contributed by atoms with Crippen molar-refractivity contribution in [2.75, 3.05) is 31.1 Å². The molecule has 27 heavy (non-hydrogen) atoms. The van der Waals surface area contributed by atoms with Gasteiger partial charge in [-0.1, -0.05) is 25.5 Å². The molecule has 6 nitrogen and oxygen atoms in total. The molecular formula is C20H26N2O4S. The van der Waals surface area contributed by atoms with E-state index in [4.69, 9.17) is 4.74 Å². The highest BCUT2D eigenvalue weighted by molar-refractivity contribution is 8.00. The normalized spacial score (nSPS) is 20.5. The highest BCUT2D eigenvalue weighted by atomic mass is 32.2. The van der Waals surface area contributed by atoms with Crippen molar-refractivity contribution in [1.29, 1.82) is 0 Å². The van der Waals surface area contributed by atoms with E-state index in [1.165, 1.54) is 0 Å². The quantitative estimate of drug-likeness (QED) is 0.740. The van der Waals surface area contributed by atoms with Crippen LogP contribution >= 0.6 is 11.8 Å². The Hall–Kier alpha value is -2.02. The van der Waals surface area contributed by atoms with Gasteiger partial charge >= 0.3 is 5.97 Å². The average Bonchev–Trinajstić information content (AvgIpc) is 2.95. The van der Waals surface area contributed by atoms with Gasteiger partial charge < -0.3 is 14.5 Å². The summed E-state index contributed by atoms with van der Waals surface area (Å²) in [5, 5.41) is 0.417. The van der Waals surface area contributed by atoms with Gasteiger partial charge in [-0.15, -0.1) is 11.8 Å². The van der Waals surface area contributed by atoms with Crippen molar-refractivity contribution < 1.29 is 19.1 Å². The molecule has 0 saturated carbocycles. The van der Waals surface area contributed by atoms with Crippen LogP contribution in [0.25, 0.3) is 0 Å². The first-order chi connectivity index (χ1) is 13.0. The molecule has 3 rings (SSSR count). The van der Waals surface area contributed by atoms with Crippen LogP contribution in [0, 0.1) is 0 Å². The van der Waals surface area contributed by atoms with Gasteiger partial charge in [0, 0.05) is 29.7 Å². The number of ether oxygens (including phenoxy) is 1. The molecule has 2 aliphatic rings. The highest BCUT2D eigenvalue weighted by Gasteiger charge is 2.25. The fourth-order valence-electron chi connectivity index (χ4n) is 3.37. The Balaban J connectivity index is 1.57. The maximum atomic E-state index is 12.7. The minimum atomic E-state index is -0.524. The Labute approximate surface area is 164 Å². The van der Waals surface area contributed by atoms with Crippen molar-refractivity contribution in [3.05, 3.63) is 24.3 Å². The maximum Gasteiger partial charge on any atom is 0.326 e. The van der Waals surface area contributed by atoms with Gasteiger partial charge in [0.2, 0.25) is 5.91 Å². The number of amides is 2. The Kier molecular flexibility index (Phi) is 6.77. The van der Waals surface area contributed by atoms with Crippen LogP contribution < -0.4 is 4.90 Å². The third kappa shape index (κ3) is 5.25. The summed E-state index contributed by atoms with van der Waals surface area (Å²) in [4.78, 5) is 41.1. The average molecular weight is 391 g/mol. The van der Waals surface area contributed by atoms with Crippen LogP contribution in [0.4, 0.5) is 5.69 Å². The van der Waals surface area contributed by atoms with Gasteiger partial charge in [-0.2, -0.15) is 0 Å². The lowest BCUT2D eigenvalue weighted by molar-refractivity contribution is -0.151. The molecule has 2 heterocycles. The summed E-state index contributed by atoms with van der Waals surface area (Å²) in [5.41, 5.74) is 0.871. The van der Waals surface area contributed by atoms with Gasteiger partial charge in [-0.25, -0.2) is 0 Å². The van der Waals surface area contributed by atoms with Gasteiger partial charge in [-0.3, -0.25) is 14.4 Å². The number of anilines is 1. The number of nitrogens with zero attached hydrogens (tertiary/aromatic N) is 2. The van der Waals surface area contributed by atoms with Crippen LogP contribution in [0.2, 0.25) is 0 Å². The molecule has 146 valence electrons. The van der Waals surface area contributed by atoms with E-state index in [9.17, 15) is 14.4 Å². The monoisotopic (exact) mass is 390 g/mol. The molecule has 1 fully saturated rings. The molecule has 0 radical (unpaired) electrons. The summed E-state index contributed by atoms with van der Waals surface area (Å²) in [6, 6.07) is 7.81. The van der Waals surface area contributed by atoms with E-state index < -0.39 is 5.97 Å². The summed E-state index contributed by atoms with van der Waals surface area (Å²) in [5.74, 6) is -0.764. The number of para-hydroxylation sites is 1. The van der Waals surface area contributed by atoms with Crippen molar-refractivity contribution in [2.45, 2.75) is 49.2 Å². The van der Waals surface area contributed by atoms with Gasteiger partial charge in [0.15, 0.2) is 6.61 Å². The zero-order valence-corrected chi connectivity index (χ0v) is 16.5. The van der Waals surface area contributed by atoms with Crippen LogP contribution in [0.1, 0.15) is 39.0 Å². The van der Waals surface area contributed by atoms with E-state index in [2.05, 4.69) is 6.92 Å². The molecule has 0 aliphatic carbocycles. The van der Waals surface area contributed by atoms with Gasteiger partial charge in [0.25, 0.3) is 5.91 Å². The number of thioether (sulfide) groups is 1. The third-order valence-corrected chi connectivity index (χ3v) is 6.13. The molecule has 0 bridgehead atoms. The van der Waals surface area contributed by atoms with Gasteiger partial charge in [-0.05, 0) is 31.4 Å². The van der Waals surface area contributed by atoms with Crippen LogP contribution in [0.3, 0.4) is 0 Å². The Morgan fingerprint density at radius 2 is 2.00 bits per heavy atom. The maximum absolute atomic E-state index is 12.7. The smallest absolute Gasteiger partial charge is 0.326 e. The minimum absolute atomic E-state index is 0.0109. The molecule has 0 spiro atoms. The number of benzene rings is 1. The van der Waals surface area contributed by atoms with Crippen molar-refractivity contribution in [3.8, 4) is 0 Å². The number of hydrogen-bond acceptors (Lipinski definition) is 5. The predicted molar refractivity (Wildman–Crippen MR) is 105 cm³/mol. The number of carbonyl (C=O) groups excluding carboxylic acids is 3. The van der Waals surface area contributed by atoms with Crippen molar-refractivity contribution in [3.63, 3.8) is 0 Å². The minimum Gasteiger partial charge on any atom is -0.454 e. The third-order valence-electron chi connectivity index (χ3n) is 4.89. The standard InChI is InChI=1S/C20H26N2O4S/c1-15-10-12-22(16-7-4-5-8-17(16)27-15)19(24)14-26-20(25)13-21-11-6-2-3-9-18(21)23/h4-5,7-8,15H,2-3,6,9-14H2,1H3/t15-/m1/s1. The number of carbonyl (C=O) groups is 3. The number of esters is 1. The predicted octanol–water partition coefficient (Wildman–Crippen LogP) is 2.85. The molecule has 1 saturated heterocycles. The molecule has 1 atom stereocenters. The largest absolute Gasteiger partial charge is 0.454 e. The zero-order valence-electron chi connectivity index (χ0n) is 15.7. The van der Waals surface area contributed by atoms with Gasteiger partial charge in [0.1, 0.15) is 6.54 Å². The molecule has 0 N–H and O–H groups in total. The molecule has 0 aromatic heterocycles. The Morgan fingerprint density at radius 3 is 2.85 bits per heavy atom. The lowest BCUT2D eigenvalue weighted by atomic mass is 10.2. The summed E-state index contributed by atoms with van der Waals surface area (Å²) in [6.45, 7) is 2.96. The summed E-state index contributed by atoms with van der Waals surface area (Å²) in [6.07, 6.45) is 4.13. The van der Waals surface area contributed by atoms with E-state index in [0.29, 0.717) is 24.8 Å². The van der Waals surface area contributed by atoms with E-state index in [1.807, 2.05) is 24.3 Å². The van der Waals surface area contributed by atoms with E-state index in [-0.39, 0.29) is 25.0 Å². The zero-order chi connectivity index (χ0) is 19.2. The second kappa shape index (κ2) is 9.26. The number of rotatable bonds is 4. The molecule has 2 aliphatic heterocycles. The first-order valence-electron chi connectivity index (χ1n) is 9.54. The summed E-state index contributed by atoms with van der Waals surface area (Å²) < 4.78 is 5.20. The highest BCUT2D eigenvalue weighted by Crippen LogP contribution is 2.37. The summed E-state index contributed by atoms with van der Waals surface area (Å²) in [7, 11) is 0. The second-order valence-corrected chi connectivity index (χ2v) is 8.50. The molecule has 7 heteroatoms. The second-order valence-electron chi connectivity index (χ2n) is 7.02. The number of hydrogen-bond donors (Lipinski definition) is 0. The van der Waals surface area contributed by atoms with Crippen LogP contribution in [0.5, 0.6) is 0 Å². The number of fused-ring (bicyclic) bond motifs is 1. The lowest BCUT2D eigenvalue weighted by Crippen LogP contribution is -2.39. The molecule has 1 aromatic carbocycles. The first-order valence-corrected chi connectivity index (χ1v) is 10.4. The SMILES string of the molecule is C[C@@H]1CCN(C(=O)COC(=O)CN2CCCCCC2=O)c2ccccc2S1. The van der Waals surface area contributed by atoms with Crippen LogP contribution in [-0.4, -0.2) is 54.2 Å². The van der Waals surface area contributed by atoms with E-state index in [1.54, 1.807) is 21.6 Å². The molecular weight excluding hydrogens is 364 g/mol. The Bertz CT molecular complexity index is 709. The van der Waals surface area contributed by atoms with Crippen molar-refractivity contribution in [2.24, 2.45) is 0 Å². The van der Waals surface area contributed by atoms with Crippen molar-refractivity contribution in [1.82, 2.24) is 4.90 Å². The topological polar surface area (TPSA) is 66.9 Å².